The van der Waals surface area contributed by atoms with Gasteiger partial charge in [-0.05, 0) is 37.6 Å². The lowest BCUT2D eigenvalue weighted by atomic mass is 10.0. The fourth-order valence-corrected chi connectivity index (χ4v) is 3.74. The zero-order chi connectivity index (χ0) is 20.8. The molecule has 1 aliphatic heterocycles. The number of nitrogens with zero attached hydrogens (tertiary/aromatic N) is 1. The van der Waals surface area contributed by atoms with Crippen molar-refractivity contribution in [3.63, 3.8) is 0 Å². The molecule has 2 aromatic carbocycles. The maximum absolute atomic E-state index is 12.7. The number of methoxy groups -OCH3 is 4. The van der Waals surface area contributed by atoms with E-state index in [1.165, 1.54) is 0 Å². The van der Waals surface area contributed by atoms with Crippen LogP contribution in [0.5, 0.6) is 23.0 Å². The molecule has 1 N–H and O–H groups in total. The topological polar surface area (TPSA) is 69.3 Å². The van der Waals surface area contributed by atoms with Gasteiger partial charge in [-0.3, -0.25) is 9.69 Å². The van der Waals surface area contributed by atoms with Crippen molar-refractivity contribution < 1.29 is 23.7 Å². The molecule has 2 aromatic rings. The lowest BCUT2D eigenvalue weighted by Gasteiger charge is -2.26. The first-order valence-electron chi connectivity index (χ1n) is 9.57. The van der Waals surface area contributed by atoms with E-state index in [1.807, 2.05) is 18.2 Å². The Labute approximate surface area is 171 Å². The second-order valence-electron chi connectivity index (χ2n) is 6.85. The van der Waals surface area contributed by atoms with E-state index in [-0.39, 0.29) is 18.5 Å². The maximum atomic E-state index is 12.7. The largest absolute Gasteiger partial charge is 0.497 e. The maximum Gasteiger partial charge on any atom is 0.238 e. The molecule has 1 fully saturated rings. The predicted molar refractivity (Wildman–Crippen MR) is 111 cm³/mol. The van der Waals surface area contributed by atoms with Gasteiger partial charge in [0.05, 0.1) is 40.7 Å². The molecule has 0 saturated carbocycles. The third-order valence-electron chi connectivity index (χ3n) is 5.19. The van der Waals surface area contributed by atoms with Crippen molar-refractivity contribution in [3.8, 4) is 23.0 Å². The van der Waals surface area contributed by atoms with Crippen molar-refractivity contribution in [1.29, 1.82) is 0 Å². The number of carbonyl (C=O) groups is 1. The fraction of sp³-hybridized carbons (Fsp3) is 0.409. The van der Waals surface area contributed by atoms with Crippen LogP contribution in [0, 0.1) is 0 Å². The van der Waals surface area contributed by atoms with Crippen LogP contribution in [0.3, 0.4) is 0 Å². The highest BCUT2D eigenvalue weighted by Gasteiger charge is 2.30. The van der Waals surface area contributed by atoms with Crippen molar-refractivity contribution in [1.82, 2.24) is 4.90 Å². The molecule has 156 valence electrons. The van der Waals surface area contributed by atoms with E-state index in [1.54, 1.807) is 46.6 Å². The van der Waals surface area contributed by atoms with Gasteiger partial charge in [-0.25, -0.2) is 0 Å². The molecule has 0 aliphatic carbocycles. The number of nitrogens with one attached hydrogen (secondary N) is 1. The Bertz CT molecular complexity index is 855. The second-order valence-corrected chi connectivity index (χ2v) is 6.85. The minimum Gasteiger partial charge on any atom is -0.497 e. The SMILES string of the molecule is COc1ccc(NC(=O)CN2CCC[C@H]2c2ccc(OC)cc2OC)c(OC)c1. The van der Waals surface area contributed by atoms with E-state index in [0.717, 1.165) is 36.4 Å². The summed E-state index contributed by atoms with van der Waals surface area (Å²) < 4.78 is 21.4. The van der Waals surface area contributed by atoms with Crippen LogP contribution in [0.1, 0.15) is 24.4 Å². The van der Waals surface area contributed by atoms with E-state index in [9.17, 15) is 4.79 Å². The van der Waals surface area contributed by atoms with Gasteiger partial charge in [0.1, 0.15) is 23.0 Å². The van der Waals surface area contributed by atoms with Crippen molar-refractivity contribution in [2.75, 3.05) is 46.8 Å². The number of benzene rings is 2. The van der Waals surface area contributed by atoms with Crippen LogP contribution >= 0.6 is 0 Å². The minimum absolute atomic E-state index is 0.0900. The number of amides is 1. The van der Waals surface area contributed by atoms with Crippen LogP contribution in [-0.2, 0) is 4.79 Å². The molecule has 1 aliphatic rings. The average Bonchev–Trinajstić information content (AvgIpc) is 3.20. The van der Waals surface area contributed by atoms with Crippen LogP contribution in [0.15, 0.2) is 36.4 Å². The zero-order valence-electron chi connectivity index (χ0n) is 17.4. The van der Waals surface area contributed by atoms with E-state index in [2.05, 4.69) is 10.2 Å². The Morgan fingerprint density at radius 3 is 2.28 bits per heavy atom. The molecular weight excluding hydrogens is 372 g/mol. The molecule has 0 radical (unpaired) electrons. The lowest BCUT2D eigenvalue weighted by molar-refractivity contribution is -0.117. The summed E-state index contributed by atoms with van der Waals surface area (Å²) in [5.41, 5.74) is 1.69. The number of hydrogen-bond donors (Lipinski definition) is 1. The summed E-state index contributed by atoms with van der Waals surface area (Å²) >= 11 is 0. The minimum atomic E-state index is -0.0900. The molecule has 3 rings (SSSR count). The normalized spacial score (nSPS) is 16.3. The van der Waals surface area contributed by atoms with Gasteiger partial charge in [0.25, 0.3) is 0 Å². The number of rotatable bonds is 8. The van der Waals surface area contributed by atoms with Crippen LogP contribution in [0.25, 0.3) is 0 Å². The summed E-state index contributed by atoms with van der Waals surface area (Å²) in [5.74, 6) is 2.67. The molecule has 0 aromatic heterocycles. The number of ether oxygens (including phenoxy) is 4. The molecule has 29 heavy (non-hydrogen) atoms. The van der Waals surface area contributed by atoms with Crippen molar-refractivity contribution in [2.45, 2.75) is 18.9 Å². The van der Waals surface area contributed by atoms with Gasteiger partial charge >= 0.3 is 0 Å². The summed E-state index contributed by atoms with van der Waals surface area (Å²) in [6.07, 6.45) is 2.00. The first kappa shape index (κ1) is 20.8. The Morgan fingerprint density at radius 2 is 1.62 bits per heavy atom. The Balaban J connectivity index is 1.72. The van der Waals surface area contributed by atoms with E-state index in [4.69, 9.17) is 18.9 Å². The monoisotopic (exact) mass is 400 g/mol. The first-order valence-corrected chi connectivity index (χ1v) is 9.57. The molecule has 7 nitrogen and oxygen atoms in total. The Kier molecular flexibility index (Phi) is 6.82. The molecule has 1 heterocycles. The number of carbonyl (C=O) groups excluding carboxylic acids is 1. The molecule has 1 amide bonds. The van der Waals surface area contributed by atoms with Gasteiger partial charge < -0.3 is 24.3 Å². The smallest absolute Gasteiger partial charge is 0.238 e. The summed E-state index contributed by atoms with van der Waals surface area (Å²) in [4.78, 5) is 14.9. The van der Waals surface area contributed by atoms with Gasteiger partial charge in [0.15, 0.2) is 0 Å². The van der Waals surface area contributed by atoms with Gasteiger partial charge in [-0.2, -0.15) is 0 Å². The van der Waals surface area contributed by atoms with E-state index >= 15 is 0 Å². The van der Waals surface area contributed by atoms with Crippen LogP contribution < -0.4 is 24.3 Å². The molecule has 0 unspecified atom stereocenters. The van der Waals surface area contributed by atoms with Gasteiger partial charge in [0.2, 0.25) is 5.91 Å². The van der Waals surface area contributed by atoms with Gasteiger partial charge in [-0.15, -0.1) is 0 Å². The van der Waals surface area contributed by atoms with Crippen LogP contribution in [0.2, 0.25) is 0 Å². The molecule has 0 bridgehead atoms. The van der Waals surface area contributed by atoms with Gasteiger partial charge in [0, 0.05) is 23.7 Å². The molecular formula is C22H28N2O5. The standard InChI is InChI=1S/C22H28N2O5/c1-26-15-7-9-17(20(12-15)28-3)19-6-5-11-24(19)14-22(25)23-18-10-8-16(27-2)13-21(18)29-4/h7-10,12-13,19H,5-6,11,14H2,1-4H3,(H,23,25)/t19-/m0/s1. The fourth-order valence-electron chi connectivity index (χ4n) is 3.74. The average molecular weight is 400 g/mol. The summed E-state index contributed by atoms with van der Waals surface area (Å²) in [7, 11) is 6.44. The zero-order valence-corrected chi connectivity index (χ0v) is 17.4. The molecule has 1 atom stereocenters. The van der Waals surface area contributed by atoms with Crippen molar-refractivity contribution >= 4 is 11.6 Å². The number of hydrogen-bond acceptors (Lipinski definition) is 6. The van der Waals surface area contributed by atoms with E-state index < -0.39 is 0 Å². The summed E-state index contributed by atoms with van der Waals surface area (Å²) in [6, 6.07) is 11.3. The van der Waals surface area contributed by atoms with Crippen LogP contribution in [0.4, 0.5) is 5.69 Å². The van der Waals surface area contributed by atoms with E-state index in [0.29, 0.717) is 17.2 Å². The Morgan fingerprint density at radius 1 is 0.966 bits per heavy atom. The highest BCUT2D eigenvalue weighted by atomic mass is 16.5. The third kappa shape index (κ3) is 4.74. The number of anilines is 1. The second kappa shape index (κ2) is 9.52. The van der Waals surface area contributed by atoms with Crippen molar-refractivity contribution in [3.05, 3.63) is 42.0 Å². The summed E-state index contributed by atoms with van der Waals surface area (Å²) in [5, 5.41) is 2.95. The molecule has 7 heteroatoms. The lowest BCUT2D eigenvalue weighted by Crippen LogP contribution is -2.33. The van der Waals surface area contributed by atoms with Gasteiger partial charge in [-0.1, -0.05) is 6.07 Å². The third-order valence-corrected chi connectivity index (χ3v) is 5.19. The number of likely N-dealkylation sites (tertiary alicyclic amines) is 1. The molecule has 1 saturated heterocycles. The highest BCUT2D eigenvalue weighted by molar-refractivity contribution is 5.93. The summed E-state index contributed by atoms with van der Waals surface area (Å²) in [6.45, 7) is 1.14. The first-order chi connectivity index (χ1) is 14.1. The predicted octanol–water partition coefficient (Wildman–Crippen LogP) is 3.50. The quantitative estimate of drug-likeness (QED) is 0.732. The Hall–Kier alpha value is -2.93. The highest BCUT2D eigenvalue weighted by Crippen LogP contribution is 2.38. The van der Waals surface area contributed by atoms with Crippen LogP contribution in [-0.4, -0.2) is 52.3 Å². The molecule has 0 spiro atoms. The van der Waals surface area contributed by atoms with Crippen molar-refractivity contribution in [2.24, 2.45) is 0 Å².